The fourth-order valence-corrected chi connectivity index (χ4v) is 3.03. The molecule has 7 nitrogen and oxygen atoms in total. The molecule has 1 aliphatic carbocycles. The number of ether oxygens (including phenoxy) is 2. The minimum Gasteiger partial charge on any atom is -0.456 e. The van der Waals surface area contributed by atoms with Crippen LogP contribution in [0.2, 0.25) is 0 Å². The first-order valence-corrected chi connectivity index (χ1v) is 8.92. The fourth-order valence-electron chi connectivity index (χ4n) is 3.03. The van der Waals surface area contributed by atoms with Gasteiger partial charge in [-0.2, -0.15) is 0 Å². The third-order valence-corrected chi connectivity index (χ3v) is 4.65. The van der Waals surface area contributed by atoms with E-state index in [0.717, 1.165) is 31.2 Å². The van der Waals surface area contributed by atoms with Crippen LogP contribution in [0.3, 0.4) is 0 Å². The fraction of sp³-hybridized carbons (Fsp3) is 0.526. The largest absolute Gasteiger partial charge is 0.456 e. The second-order valence-electron chi connectivity index (χ2n) is 6.65. The van der Waals surface area contributed by atoms with Crippen molar-refractivity contribution in [2.24, 2.45) is 23.3 Å². The van der Waals surface area contributed by atoms with Crippen molar-refractivity contribution < 1.29 is 23.9 Å². The van der Waals surface area contributed by atoms with E-state index < -0.39 is 18.5 Å². The molecule has 0 spiro atoms. The summed E-state index contributed by atoms with van der Waals surface area (Å²) < 4.78 is 10.1. The van der Waals surface area contributed by atoms with Crippen LogP contribution in [0.4, 0.5) is 0 Å². The molecule has 1 aliphatic rings. The number of nitrogens with two attached hydrogens (primary N) is 2. The highest BCUT2D eigenvalue weighted by Crippen LogP contribution is 2.29. The number of primary amides is 1. The molecule has 0 atom stereocenters. The Morgan fingerprint density at radius 1 is 1.04 bits per heavy atom. The average molecular weight is 362 g/mol. The maximum Gasteiger partial charge on any atom is 0.314 e. The summed E-state index contributed by atoms with van der Waals surface area (Å²) in [6.45, 7) is 0.278. The van der Waals surface area contributed by atoms with E-state index in [1.165, 1.54) is 0 Å². The van der Waals surface area contributed by atoms with Crippen molar-refractivity contribution in [1.29, 1.82) is 0 Å². The zero-order valence-corrected chi connectivity index (χ0v) is 14.8. The average Bonchev–Trinajstić information content (AvgIpc) is 2.65. The van der Waals surface area contributed by atoms with Crippen LogP contribution in [0.25, 0.3) is 0 Å². The van der Waals surface area contributed by atoms with Crippen LogP contribution in [0.15, 0.2) is 24.3 Å². The van der Waals surface area contributed by atoms with E-state index in [0.29, 0.717) is 24.6 Å². The Kier molecular flexibility index (Phi) is 7.59. The first-order valence-electron chi connectivity index (χ1n) is 8.92. The third kappa shape index (κ3) is 6.48. The summed E-state index contributed by atoms with van der Waals surface area (Å²) >= 11 is 0. The lowest BCUT2D eigenvalue weighted by molar-refractivity contribution is -0.147. The maximum atomic E-state index is 12.2. The number of carbonyl (C=O) groups excluding carboxylic acids is 3. The standard InChI is InChI=1S/C19H26N2O5/c20-11-14-1-6-15(7-2-14)19(24)26-16-8-3-13(4-9-16)5-10-18(23)25-12-17(21)22/h3-4,8-9,14-15H,1-2,5-7,10-12,20H2,(H2,21,22). The van der Waals surface area contributed by atoms with Crippen molar-refractivity contribution >= 4 is 17.8 Å². The van der Waals surface area contributed by atoms with Crippen molar-refractivity contribution in [3.8, 4) is 5.75 Å². The summed E-state index contributed by atoms with van der Waals surface area (Å²) in [6, 6.07) is 7.03. The number of hydrogen-bond acceptors (Lipinski definition) is 6. The van der Waals surface area contributed by atoms with Gasteiger partial charge in [0.05, 0.1) is 5.92 Å². The molecule has 0 aliphatic heterocycles. The van der Waals surface area contributed by atoms with Crippen molar-refractivity contribution in [1.82, 2.24) is 0 Å². The number of carbonyl (C=O) groups is 3. The van der Waals surface area contributed by atoms with Crippen LogP contribution < -0.4 is 16.2 Å². The predicted molar refractivity (Wildman–Crippen MR) is 95.1 cm³/mol. The molecular weight excluding hydrogens is 336 g/mol. The quantitative estimate of drug-likeness (QED) is 0.531. The second-order valence-corrected chi connectivity index (χ2v) is 6.65. The van der Waals surface area contributed by atoms with Gasteiger partial charge in [0.1, 0.15) is 5.75 Å². The van der Waals surface area contributed by atoms with Gasteiger partial charge in [0.25, 0.3) is 5.91 Å². The molecule has 142 valence electrons. The molecule has 7 heteroatoms. The Morgan fingerprint density at radius 3 is 2.27 bits per heavy atom. The van der Waals surface area contributed by atoms with Crippen LogP contribution in [0.5, 0.6) is 5.75 Å². The van der Waals surface area contributed by atoms with Gasteiger partial charge in [-0.05, 0) is 62.3 Å². The molecule has 1 fully saturated rings. The van der Waals surface area contributed by atoms with Crippen molar-refractivity contribution in [2.45, 2.75) is 38.5 Å². The molecule has 2 rings (SSSR count). The van der Waals surface area contributed by atoms with Gasteiger partial charge in [0, 0.05) is 6.42 Å². The van der Waals surface area contributed by atoms with E-state index >= 15 is 0 Å². The Morgan fingerprint density at radius 2 is 1.69 bits per heavy atom. The van der Waals surface area contributed by atoms with Gasteiger partial charge in [-0.1, -0.05) is 12.1 Å². The van der Waals surface area contributed by atoms with Gasteiger partial charge in [-0.15, -0.1) is 0 Å². The highest BCUT2D eigenvalue weighted by atomic mass is 16.5. The SMILES string of the molecule is NCC1CCC(C(=O)Oc2ccc(CCC(=O)OCC(N)=O)cc2)CC1. The first kappa shape index (κ1) is 19.9. The smallest absolute Gasteiger partial charge is 0.314 e. The third-order valence-electron chi connectivity index (χ3n) is 4.65. The Hall–Kier alpha value is -2.41. The molecule has 0 bridgehead atoms. The van der Waals surface area contributed by atoms with Crippen LogP contribution in [0.1, 0.15) is 37.7 Å². The molecule has 0 aromatic heterocycles. The second kappa shape index (κ2) is 9.91. The minimum absolute atomic E-state index is 0.0579. The van der Waals surface area contributed by atoms with Crippen LogP contribution in [-0.4, -0.2) is 31.0 Å². The van der Waals surface area contributed by atoms with Crippen LogP contribution in [-0.2, 0) is 25.5 Å². The number of esters is 2. The zero-order chi connectivity index (χ0) is 18.9. The minimum atomic E-state index is -0.680. The Balaban J connectivity index is 1.75. The number of benzene rings is 1. The summed E-state index contributed by atoms with van der Waals surface area (Å²) in [6.07, 6.45) is 4.21. The normalized spacial score (nSPS) is 19.6. The van der Waals surface area contributed by atoms with Gasteiger partial charge >= 0.3 is 11.9 Å². The van der Waals surface area contributed by atoms with Gasteiger partial charge < -0.3 is 20.9 Å². The number of rotatable bonds is 8. The van der Waals surface area contributed by atoms with Crippen LogP contribution in [0, 0.1) is 11.8 Å². The van der Waals surface area contributed by atoms with Crippen molar-refractivity contribution in [3.63, 3.8) is 0 Å². The molecule has 4 N–H and O–H groups in total. The Bertz CT molecular complexity index is 621. The van der Waals surface area contributed by atoms with Gasteiger partial charge in [0.15, 0.2) is 6.61 Å². The number of hydrogen-bond donors (Lipinski definition) is 2. The van der Waals surface area contributed by atoms with Gasteiger partial charge in [-0.3, -0.25) is 14.4 Å². The van der Waals surface area contributed by atoms with E-state index in [2.05, 4.69) is 0 Å². The highest BCUT2D eigenvalue weighted by molar-refractivity contribution is 5.79. The van der Waals surface area contributed by atoms with E-state index in [1.807, 2.05) is 0 Å². The monoisotopic (exact) mass is 362 g/mol. The summed E-state index contributed by atoms with van der Waals surface area (Å²) in [5.41, 5.74) is 11.5. The topological polar surface area (TPSA) is 122 Å². The summed E-state index contributed by atoms with van der Waals surface area (Å²) in [4.78, 5) is 34.2. The molecule has 1 amide bonds. The van der Waals surface area contributed by atoms with Crippen molar-refractivity contribution in [3.05, 3.63) is 29.8 Å². The molecule has 1 aromatic rings. The summed E-state index contributed by atoms with van der Waals surface area (Å²) in [5, 5.41) is 0. The summed E-state index contributed by atoms with van der Waals surface area (Å²) in [5.74, 6) is -0.391. The number of amides is 1. The van der Waals surface area contributed by atoms with Crippen molar-refractivity contribution in [2.75, 3.05) is 13.2 Å². The molecule has 0 radical (unpaired) electrons. The van der Waals surface area contributed by atoms with Gasteiger partial charge in [-0.25, -0.2) is 0 Å². The number of aryl methyl sites for hydroxylation is 1. The molecule has 26 heavy (non-hydrogen) atoms. The van der Waals surface area contributed by atoms with E-state index in [1.54, 1.807) is 24.3 Å². The lowest BCUT2D eigenvalue weighted by Crippen LogP contribution is -2.28. The predicted octanol–water partition coefficient (Wildman–Crippen LogP) is 1.32. The molecule has 0 unspecified atom stereocenters. The van der Waals surface area contributed by atoms with E-state index in [-0.39, 0.29) is 18.3 Å². The van der Waals surface area contributed by atoms with E-state index in [9.17, 15) is 14.4 Å². The highest BCUT2D eigenvalue weighted by Gasteiger charge is 2.27. The lowest BCUT2D eigenvalue weighted by Gasteiger charge is -2.26. The zero-order valence-electron chi connectivity index (χ0n) is 14.8. The molecule has 1 saturated carbocycles. The summed E-state index contributed by atoms with van der Waals surface area (Å²) in [7, 11) is 0. The van der Waals surface area contributed by atoms with Crippen LogP contribution >= 0.6 is 0 Å². The Labute approximate surface area is 153 Å². The lowest BCUT2D eigenvalue weighted by atomic mass is 9.82. The molecule has 0 saturated heterocycles. The first-order chi connectivity index (χ1) is 12.5. The molecule has 0 heterocycles. The molecular formula is C19H26N2O5. The molecule has 1 aromatic carbocycles. The maximum absolute atomic E-state index is 12.2. The van der Waals surface area contributed by atoms with E-state index in [4.69, 9.17) is 20.9 Å². The van der Waals surface area contributed by atoms with Gasteiger partial charge in [0.2, 0.25) is 0 Å².